The van der Waals surface area contributed by atoms with Gasteiger partial charge in [-0.1, -0.05) is 12.1 Å². The van der Waals surface area contributed by atoms with Crippen molar-refractivity contribution in [3.8, 4) is 0 Å². The van der Waals surface area contributed by atoms with E-state index in [-0.39, 0.29) is 30.2 Å². The van der Waals surface area contributed by atoms with Crippen molar-refractivity contribution in [2.45, 2.75) is 52.7 Å². The Morgan fingerprint density at radius 3 is 1.72 bits per heavy atom. The van der Waals surface area contributed by atoms with E-state index in [1.165, 1.54) is 12.1 Å². The first-order chi connectivity index (χ1) is 14.8. The number of carbonyl (C=O) groups is 4. The van der Waals surface area contributed by atoms with Crippen LogP contribution in [0.15, 0.2) is 29.3 Å². The number of hydrogen-bond donors (Lipinski definition) is 2. The minimum atomic E-state index is -0.839. The second-order valence-electron chi connectivity index (χ2n) is 8.77. The maximum Gasteiger partial charge on any atom is 0.414 e. The fraction of sp³-hybridized carbons (Fsp3) is 0.476. The molecule has 2 N–H and O–H groups in total. The van der Waals surface area contributed by atoms with Gasteiger partial charge in [-0.2, -0.15) is 0 Å². The van der Waals surface area contributed by atoms with Gasteiger partial charge in [-0.05, 0) is 53.7 Å². The van der Waals surface area contributed by atoms with Crippen LogP contribution in [-0.2, 0) is 14.3 Å². The normalized spacial score (nSPS) is 13.4. The molecular formula is C21H28N4O7. The van der Waals surface area contributed by atoms with Gasteiger partial charge in [-0.15, -0.1) is 5.06 Å². The zero-order chi connectivity index (χ0) is 24.1. The lowest BCUT2D eigenvalue weighted by atomic mass is 10.1. The van der Waals surface area contributed by atoms with Gasteiger partial charge in [0.1, 0.15) is 11.2 Å². The van der Waals surface area contributed by atoms with Crippen LogP contribution in [0.2, 0.25) is 0 Å². The Labute approximate surface area is 186 Å². The third kappa shape index (κ3) is 7.34. The molecule has 0 atom stereocenters. The summed E-state index contributed by atoms with van der Waals surface area (Å²) in [6.45, 7) is 9.80. The summed E-state index contributed by atoms with van der Waals surface area (Å²) in [5, 5.41) is 5.30. The van der Waals surface area contributed by atoms with Crippen molar-refractivity contribution in [3.05, 3.63) is 35.4 Å². The highest BCUT2D eigenvalue weighted by molar-refractivity contribution is 6.20. The lowest BCUT2D eigenvalue weighted by Gasteiger charge is -2.22. The number of alkyl carbamates (subject to hydrolysis) is 2. The second kappa shape index (κ2) is 9.77. The average molecular weight is 448 g/mol. The van der Waals surface area contributed by atoms with Crippen LogP contribution in [0.5, 0.6) is 0 Å². The van der Waals surface area contributed by atoms with Gasteiger partial charge in [0, 0.05) is 0 Å². The minimum Gasteiger partial charge on any atom is -0.444 e. The number of benzene rings is 1. The van der Waals surface area contributed by atoms with Crippen LogP contribution in [-0.4, -0.2) is 59.4 Å². The van der Waals surface area contributed by atoms with Gasteiger partial charge in [0.05, 0.1) is 24.3 Å². The van der Waals surface area contributed by atoms with E-state index in [0.717, 1.165) is 0 Å². The average Bonchev–Trinajstić information content (AvgIpc) is 2.86. The predicted molar refractivity (Wildman–Crippen MR) is 114 cm³/mol. The molecule has 1 aliphatic heterocycles. The summed E-state index contributed by atoms with van der Waals surface area (Å²) in [6.07, 6.45) is -1.68. The SMILES string of the molecule is CC(C)(C)OC(=O)NC(=NCCON1C(=O)c2ccccc2C1=O)NC(=O)OC(C)(C)C. The first-order valence-corrected chi connectivity index (χ1v) is 9.92. The van der Waals surface area contributed by atoms with Crippen LogP contribution in [0.25, 0.3) is 0 Å². The van der Waals surface area contributed by atoms with Crippen LogP contribution in [0.1, 0.15) is 62.3 Å². The monoisotopic (exact) mass is 448 g/mol. The van der Waals surface area contributed by atoms with Crippen LogP contribution < -0.4 is 10.6 Å². The van der Waals surface area contributed by atoms with Crippen molar-refractivity contribution >= 4 is 30.0 Å². The van der Waals surface area contributed by atoms with Gasteiger partial charge in [0.25, 0.3) is 11.8 Å². The van der Waals surface area contributed by atoms with Crippen LogP contribution in [0, 0.1) is 0 Å². The zero-order valence-electron chi connectivity index (χ0n) is 19.0. The van der Waals surface area contributed by atoms with E-state index in [2.05, 4.69) is 15.6 Å². The lowest BCUT2D eigenvalue weighted by molar-refractivity contribution is -0.0881. The number of amides is 4. The maximum atomic E-state index is 12.3. The number of carbonyl (C=O) groups excluding carboxylic acids is 4. The molecule has 174 valence electrons. The Kier molecular flexibility index (Phi) is 7.57. The summed E-state index contributed by atoms with van der Waals surface area (Å²) in [4.78, 5) is 58.0. The Balaban J connectivity index is 2.00. The molecule has 11 heteroatoms. The molecule has 0 aromatic heterocycles. The summed E-state index contributed by atoms with van der Waals surface area (Å²) in [7, 11) is 0. The van der Waals surface area contributed by atoms with Crippen LogP contribution >= 0.6 is 0 Å². The van der Waals surface area contributed by atoms with Crippen LogP contribution in [0.4, 0.5) is 9.59 Å². The number of nitrogens with one attached hydrogen (secondary N) is 2. The Morgan fingerprint density at radius 2 is 1.31 bits per heavy atom. The summed E-state index contributed by atoms with van der Waals surface area (Å²) in [6, 6.07) is 6.36. The minimum absolute atomic E-state index is 0.103. The largest absolute Gasteiger partial charge is 0.444 e. The number of aliphatic imine (C=N–C) groups is 1. The van der Waals surface area contributed by atoms with Crippen molar-refractivity contribution in [1.29, 1.82) is 0 Å². The summed E-state index contributed by atoms with van der Waals surface area (Å²) in [5.41, 5.74) is -1.04. The van der Waals surface area contributed by atoms with Crippen molar-refractivity contribution in [2.24, 2.45) is 4.99 Å². The standard InChI is InChI=1S/C21H28N4O7/c1-20(2,3)31-18(28)23-17(24-19(29)32-21(4,5)6)22-11-12-30-25-15(26)13-9-7-8-10-14(13)16(25)27/h7-10H,11-12H2,1-6H3,(H2,22,23,24,28,29). The fourth-order valence-corrected chi connectivity index (χ4v) is 2.48. The molecule has 1 heterocycles. The summed E-state index contributed by atoms with van der Waals surface area (Å²) < 4.78 is 10.3. The van der Waals surface area contributed by atoms with E-state index in [4.69, 9.17) is 14.3 Å². The Bertz CT molecular complexity index is 862. The number of ether oxygens (including phenoxy) is 2. The van der Waals surface area contributed by atoms with E-state index in [1.807, 2.05) is 0 Å². The number of guanidine groups is 1. The van der Waals surface area contributed by atoms with E-state index in [0.29, 0.717) is 5.06 Å². The summed E-state index contributed by atoms with van der Waals surface area (Å²) in [5.74, 6) is -1.39. The molecule has 1 aromatic carbocycles. The molecule has 1 aromatic rings. The maximum absolute atomic E-state index is 12.3. The van der Waals surface area contributed by atoms with Gasteiger partial charge < -0.3 is 9.47 Å². The van der Waals surface area contributed by atoms with Gasteiger partial charge in [0.15, 0.2) is 0 Å². The molecule has 11 nitrogen and oxygen atoms in total. The highest BCUT2D eigenvalue weighted by atomic mass is 16.7. The molecule has 0 aliphatic carbocycles. The second-order valence-corrected chi connectivity index (χ2v) is 8.77. The number of fused-ring (bicyclic) bond motifs is 1. The van der Waals surface area contributed by atoms with Crippen molar-refractivity contribution in [2.75, 3.05) is 13.2 Å². The van der Waals surface area contributed by atoms with E-state index >= 15 is 0 Å². The van der Waals surface area contributed by atoms with E-state index in [9.17, 15) is 19.2 Å². The van der Waals surface area contributed by atoms with Crippen molar-refractivity contribution < 1.29 is 33.5 Å². The number of imide groups is 1. The molecular weight excluding hydrogens is 420 g/mol. The van der Waals surface area contributed by atoms with Gasteiger partial charge in [-0.25, -0.2) is 14.6 Å². The quantitative estimate of drug-likeness (QED) is 0.313. The first-order valence-electron chi connectivity index (χ1n) is 9.92. The van der Waals surface area contributed by atoms with Crippen molar-refractivity contribution in [3.63, 3.8) is 0 Å². The smallest absolute Gasteiger partial charge is 0.414 e. The van der Waals surface area contributed by atoms with Crippen molar-refractivity contribution in [1.82, 2.24) is 15.7 Å². The molecule has 0 bridgehead atoms. The predicted octanol–water partition coefficient (Wildman–Crippen LogP) is 2.62. The molecule has 32 heavy (non-hydrogen) atoms. The number of nitrogens with zero attached hydrogens (tertiary/aromatic N) is 2. The topological polar surface area (TPSA) is 136 Å². The highest BCUT2D eigenvalue weighted by Crippen LogP contribution is 2.22. The molecule has 2 rings (SSSR count). The van der Waals surface area contributed by atoms with E-state index < -0.39 is 35.2 Å². The summed E-state index contributed by atoms with van der Waals surface area (Å²) >= 11 is 0. The molecule has 0 radical (unpaired) electrons. The molecule has 0 saturated carbocycles. The number of hydroxylamine groups is 2. The first kappa shape index (κ1) is 24.8. The van der Waals surface area contributed by atoms with E-state index in [1.54, 1.807) is 53.7 Å². The van der Waals surface area contributed by atoms with Crippen LogP contribution in [0.3, 0.4) is 0 Å². The Hall–Kier alpha value is -3.47. The highest BCUT2D eigenvalue weighted by Gasteiger charge is 2.36. The molecule has 4 amide bonds. The number of hydrogen-bond acceptors (Lipinski definition) is 8. The fourth-order valence-electron chi connectivity index (χ4n) is 2.48. The third-order valence-electron chi connectivity index (χ3n) is 3.58. The molecule has 0 unspecified atom stereocenters. The zero-order valence-corrected chi connectivity index (χ0v) is 19.0. The lowest BCUT2D eigenvalue weighted by Crippen LogP contribution is -2.47. The van der Waals surface area contributed by atoms with Gasteiger partial charge in [-0.3, -0.25) is 25.1 Å². The van der Waals surface area contributed by atoms with Gasteiger partial charge >= 0.3 is 12.2 Å². The number of rotatable bonds is 4. The Morgan fingerprint density at radius 1 is 0.875 bits per heavy atom. The molecule has 0 saturated heterocycles. The molecule has 0 fully saturated rings. The molecule has 0 spiro atoms. The third-order valence-corrected chi connectivity index (χ3v) is 3.58. The van der Waals surface area contributed by atoms with Gasteiger partial charge in [0.2, 0.25) is 5.96 Å². The molecule has 1 aliphatic rings.